The monoisotopic (exact) mass is 392 g/mol. The van der Waals surface area contributed by atoms with E-state index in [9.17, 15) is 4.79 Å². The molecule has 2 aromatic carbocycles. The second kappa shape index (κ2) is 6.84. The molecule has 29 heavy (non-hydrogen) atoms. The summed E-state index contributed by atoms with van der Waals surface area (Å²) in [6.07, 6.45) is 1.52. The molecule has 5 rings (SSSR count). The Labute approximate surface area is 167 Å². The molecular formula is C22H20N2O5. The molecule has 0 unspecified atom stereocenters. The van der Waals surface area contributed by atoms with E-state index in [1.807, 2.05) is 48.5 Å². The fourth-order valence-electron chi connectivity index (χ4n) is 3.51. The van der Waals surface area contributed by atoms with E-state index in [2.05, 4.69) is 10.5 Å². The summed E-state index contributed by atoms with van der Waals surface area (Å²) in [7, 11) is 1.63. The number of benzene rings is 2. The minimum Gasteiger partial charge on any atom is -0.497 e. The van der Waals surface area contributed by atoms with E-state index in [-0.39, 0.29) is 12.7 Å². The number of amides is 1. The summed E-state index contributed by atoms with van der Waals surface area (Å²) in [4.78, 5) is 12.9. The maximum atomic E-state index is 12.9. The van der Waals surface area contributed by atoms with Crippen molar-refractivity contribution in [2.45, 2.75) is 24.8 Å². The van der Waals surface area contributed by atoms with E-state index in [1.54, 1.807) is 7.11 Å². The largest absolute Gasteiger partial charge is 0.497 e. The van der Waals surface area contributed by atoms with Crippen LogP contribution in [0.3, 0.4) is 0 Å². The summed E-state index contributed by atoms with van der Waals surface area (Å²) in [5, 5.41) is 7.22. The molecule has 7 heteroatoms. The minimum atomic E-state index is -0.607. The normalized spacial score (nSPS) is 15.8. The average molecular weight is 392 g/mol. The summed E-state index contributed by atoms with van der Waals surface area (Å²) in [5.74, 6) is 2.76. The highest BCUT2D eigenvalue weighted by atomic mass is 16.7. The Morgan fingerprint density at radius 3 is 2.66 bits per heavy atom. The van der Waals surface area contributed by atoms with Crippen LogP contribution in [0, 0.1) is 0 Å². The number of rotatable bonds is 6. The molecule has 1 saturated carbocycles. The van der Waals surface area contributed by atoms with Crippen LogP contribution in [0.5, 0.6) is 17.2 Å². The minimum absolute atomic E-state index is 0.0288. The summed E-state index contributed by atoms with van der Waals surface area (Å²) < 4.78 is 21.4. The van der Waals surface area contributed by atoms with Gasteiger partial charge in [0.15, 0.2) is 17.3 Å². The summed E-state index contributed by atoms with van der Waals surface area (Å²) in [6.45, 7) is 0.676. The second-order valence-electron chi connectivity index (χ2n) is 7.26. The Morgan fingerprint density at radius 2 is 1.90 bits per heavy atom. The Hall–Kier alpha value is -3.48. The van der Waals surface area contributed by atoms with Gasteiger partial charge in [0.05, 0.1) is 18.2 Å². The van der Waals surface area contributed by atoms with Gasteiger partial charge in [-0.15, -0.1) is 0 Å². The van der Waals surface area contributed by atoms with Crippen molar-refractivity contribution in [2.24, 2.45) is 0 Å². The van der Waals surface area contributed by atoms with E-state index in [0.717, 1.165) is 29.7 Å². The van der Waals surface area contributed by atoms with Crippen LogP contribution in [0.1, 0.15) is 24.1 Å². The molecule has 1 fully saturated rings. The number of nitrogens with one attached hydrogen (secondary N) is 1. The smallest absolute Gasteiger partial charge is 0.232 e. The maximum absolute atomic E-state index is 12.9. The summed E-state index contributed by atoms with van der Waals surface area (Å²) >= 11 is 0. The third-order valence-electron chi connectivity index (χ3n) is 5.45. The number of ether oxygens (including phenoxy) is 3. The molecule has 1 aliphatic heterocycles. The highest BCUT2D eigenvalue weighted by Gasteiger charge is 2.53. The topological polar surface area (TPSA) is 82.8 Å². The lowest BCUT2D eigenvalue weighted by atomic mass is 10.00. The molecule has 3 aromatic rings. The maximum Gasteiger partial charge on any atom is 0.232 e. The third kappa shape index (κ3) is 3.18. The van der Waals surface area contributed by atoms with Crippen LogP contribution < -0.4 is 19.5 Å². The zero-order valence-corrected chi connectivity index (χ0v) is 15.9. The molecule has 2 heterocycles. The average Bonchev–Trinajstić information content (AvgIpc) is 3.20. The van der Waals surface area contributed by atoms with Crippen LogP contribution in [0.15, 0.2) is 53.1 Å². The lowest BCUT2D eigenvalue weighted by Crippen LogP contribution is -2.34. The number of aromatic nitrogens is 1. The molecular weight excluding hydrogens is 372 g/mol. The number of methoxy groups -OCH3 is 1. The van der Waals surface area contributed by atoms with Gasteiger partial charge in [-0.25, -0.2) is 0 Å². The van der Waals surface area contributed by atoms with E-state index >= 15 is 0 Å². The molecule has 1 N–H and O–H groups in total. The van der Waals surface area contributed by atoms with Crippen LogP contribution in [-0.4, -0.2) is 25.0 Å². The Bertz CT molecular complexity index is 1050. The van der Waals surface area contributed by atoms with E-state index in [1.165, 1.54) is 0 Å². The lowest BCUT2D eigenvalue weighted by molar-refractivity contribution is -0.123. The molecule has 1 aromatic heterocycles. The van der Waals surface area contributed by atoms with Crippen molar-refractivity contribution in [1.29, 1.82) is 0 Å². The highest BCUT2D eigenvalue weighted by molar-refractivity contribution is 5.91. The number of fused-ring (bicyclic) bond motifs is 1. The molecule has 1 amide bonds. The van der Waals surface area contributed by atoms with Crippen LogP contribution in [0.2, 0.25) is 0 Å². The van der Waals surface area contributed by atoms with Gasteiger partial charge in [-0.1, -0.05) is 17.3 Å². The number of hydrogen-bond acceptors (Lipinski definition) is 6. The van der Waals surface area contributed by atoms with Crippen LogP contribution in [0.25, 0.3) is 11.3 Å². The van der Waals surface area contributed by atoms with Crippen molar-refractivity contribution in [3.05, 3.63) is 59.8 Å². The predicted octanol–water partition coefficient (Wildman–Crippen LogP) is 3.43. The van der Waals surface area contributed by atoms with Crippen LogP contribution in [-0.2, 0) is 16.8 Å². The first-order chi connectivity index (χ1) is 14.2. The van der Waals surface area contributed by atoms with Crippen molar-refractivity contribution < 1.29 is 23.5 Å². The number of hydrogen-bond donors (Lipinski definition) is 1. The number of nitrogens with zero attached hydrogens (tertiary/aromatic N) is 1. The Morgan fingerprint density at radius 1 is 1.10 bits per heavy atom. The molecule has 0 atom stereocenters. The quantitative estimate of drug-likeness (QED) is 0.692. The fourth-order valence-corrected chi connectivity index (χ4v) is 3.51. The number of carbonyl (C=O) groups is 1. The van der Waals surface area contributed by atoms with Crippen LogP contribution in [0.4, 0.5) is 0 Å². The van der Waals surface area contributed by atoms with E-state index in [4.69, 9.17) is 18.7 Å². The van der Waals surface area contributed by atoms with Crippen LogP contribution >= 0.6 is 0 Å². The summed E-state index contributed by atoms with van der Waals surface area (Å²) in [6, 6.07) is 15.1. The summed E-state index contributed by atoms with van der Waals surface area (Å²) in [5.41, 5.74) is 1.90. The molecule has 0 bridgehead atoms. The molecule has 7 nitrogen and oxygen atoms in total. The Kier molecular flexibility index (Phi) is 4.16. The van der Waals surface area contributed by atoms with Gasteiger partial charge in [0.1, 0.15) is 5.75 Å². The fraction of sp³-hybridized carbons (Fsp3) is 0.273. The van der Waals surface area contributed by atoms with Gasteiger partial charge in [-0.2, -0.15) is 0 Å². The van der Waals surface area contributed by atoms with Crippen molar-refractivity contribution in [3.8, 4) is 28.6 Å². The zero-order chi connectivity index (χ0) is 19.8. The van der Waals surface area contributed by atoms with Crippen molar-refractivity contribution in [1.82, 2.24) is 10.5 Å². The van der Waals surface area contributed by atoms with Crippen molar-refractivity contribution in [3.63, 3.8) is 0 Å². The van der Waals surface area contributed by atoms with E-state index < -0.39 is 5.41 Å². The molecule has 1 aliphatic carbocycles. The highest BCUT2D eigenvalue weighted by Crippen LogP contribution is 2.49. The molecule has 0 spiro atoms. The van der Waals surface area contributed by atoms with Gasteiger partial charge < -0.3 is 24.1 Å². The lowest BCUT2D eigenvalue weighted by Gasteiger charge is -2.12. The Balaban J connectivity index is 1.29. The first-order valence-corrected chi connectivity index (χ1v) is 9.46. The molecule has 0 saturated heterocycles. The van der Waals surface area contributed by atoms with Crippen molar-refractivity contribution >= 4 is 5.91 Å². The number of carbonyl (C=O) groups excluding carboxylic acids is 1. The predicted molar refractivity (Wildman–Crippen MR) is 104 cm³/mol. The van der Waals surface area contributed by atoms with Gasteiger partial charge in [0.2, 0.25) is 12.7 Å². The first-order valence-electron chi connectivity index (χ1n) is 9.46. The SMILES string of the molecule is COc1ccc(CNC(=O)C2(c3cc(-c4ccc5c(c4)OCO5)on3)CC2)cc1. The zero-order valence-electron chi connectivity index (χ0n) is 15.9. The van der Waals surface area contributed by atoms with Crippen molar-refractivity contribution in [2.75, 3.05) is 13.9 Å². The van der Waals surface area contributed by atoms with Gasteiger partial charge >= 0.3 is 0 Å². The van der Waals surface area contributed by atoms with Gasteiger partial charge in [-0.05, 0) is 48.7 Å². The van der Waals surface area contributed by atoms with Gasteiger partial charge in [0.25, 0.3) is 0 Å². The first kappa shape index (κ1) is 17.6. The molecule has 0 radical (unpaired) electrons. The van der Waals surface area contributed by atoms with Gasteiger partial charge in [0, 0.05) is 18.2 Å². The molecule has 2 aliphatic rings. The molecule has 148 valence electrons. The standard InChI is InChI=1S/C22H20N2O5/c1-26-16-5-2-14(3-6-16)12-23-21(25)22(8-9-22)20-11-18(29-24-20)15-4-7-17-19(10-15)28-13-27-17/h2-7,10-11H,8-9,12-13H2,1H3,(H,23,25). The third-order valence-corrected chi connectivity index (χ3v) is 5.45. The van der Waals surface area contributed by atoms with Gasteiger partial charge in [-0.3, -0.25) is 4.79 Å². The second-order valence-corrected chi connectivity index (χ2v) is 7.26. The van der Waals surface area contributed by atoms with E-state index in [0.29, 0.717) is 29.5 Å².